The third-order valence-corrected chi connectivity index (χ3v) is 9.52. The number of carbonyl (C=O) groups is 2. The molecular formula is C38H74O4. The number of unbranched alkanes of at least 4 members (excludes halogenated alkanes) is 26. The van der Waals surface area contributed by atoms with Gasteiger partial charge in [0.25, 0.3) is 0 Å². The summed E-state index contributed by atoms with van der Waals surface area (Å²) in [6.45, 7) is 4.54. The molecule has 0 aliphatic heterocycles. The highest BCUT2D eigenvalue weighted by atomic mass is 16.4. The van der Waals surface area contributed by atoms with Gasteiger partial charge in [0.2, 0.25) is 0 Å². The number of carboxylic acids is 2. The SMILES string of the molecule is CCCCCCCCCCCCCCCCC(CCCCCCCCCCCCCCCC)(CCCC(=O)O)C(=O)O. The van der Waals surface area contributed by atoms with E-state index in [9.17, 15) is 14.7 Å². The average Bonchev–Trinajstić information content (AvgIpc) is 2.96. The first-order chi connectivity index (χ1) is 20.5. The zero-order valence-electron chi connectivity index (χ0n) is 28.5. The topological polar surface area (TPSA) is 74.6 Å². The first-order valence-electron chi connectivity index (χ1n) is 18.9. The second-order valence-electron chi connectivity index (χ2n) is 13.5. The first kappa shape index (κ1) is 40.9. The third kappa shape index (κ3) is 26.6. The molecule has 0 aromatic carbocycles. The minimum atomic E-state index is -0.817. The Bertz CT molecular complexity index is 556. The molecule has 0 atom stereocenters. The van der Waals surface area contributed by atoms with E-state index in [2.05, 4.69) is 13.8 Å². The van der Waals surface area contributed by atoms with Gasteiger partial charge < -0.3 is 10.2 Å². The van der Waals surface area contributed by atoms with E-state index in [1.165, 1.54) is 154 Å². The van der Waals surface area contributed by atoms with Crippen LogP contribution in [-0.2, 0) is 9.59 Å². The number of aliphatic carboxylic acids is 2. The van der Waals surface area contributed by atoms with Crippen molar-refractivity contribution in [3.63, 3.8) is 0 Å². The highest BCUT2D eigenvalue weighted by molar-refractivity contribution is 5.74. The van der Waals surface area contributed by atoms with Gasteiger partial charge in [-0.25, -0.2) is 0 Å². The zero-order valence-corrected chi connectivity index (χ0v) is 28.5. The number of hydrogen-bond donors (Lipinski definition) is 2. The number of carboxylic acid groups (broad SMARTS) is 2. The van der Waals surface area contributed by atoms with Gasteiger partial charge in [-0.05, 0) is 25.7 Å². The van der Waals surface area contributed by atoms with Crippen molar-refractivity contribution in [1.29, 1.82) is 0 Å². The van der Waals surface area contributed by atoms with Gasteiger partial charge in [-0.15, -0.1) is 0 Å². The summed E-state index contributed by atoms with van der Waals surface area (Å²) in [4.78, 5) is 23.6. The highest BCUT2D eigenvalue weighted by Crippen LogP contribution is 2.37. The molecule has 4 nitrogen and oxygen atoms in total. The molecule has 0 spiro atoms. The summed E-state index contributed by atoms with van der Waals surface area (Å²) in [6, 6.07) is 0. The molecule has 0 rings (SSSR count). The summed E-state index contributed by atoms with van der Waals surface area (Å²) >= 11 is 0. The Morgan fingerprint density at radius 1 is 0.381 bits per heavy atom. The molecule has 0 unspecified atom stereocenters. The quantitative estimate of drug-likeness (QED) is 0.0716. The maximum absolute atomic E-state index is 12.5. The van der Waals surface area contributed by atoms with Gasteiger partial charge >= 0.3 is 11.9 Å². The summed E-state index contributed by atoms with van der Waals surface area (Å²) in [5.74, 6) is -1.51. The Balaban J connectivity index is 4.10. The molecule has 0 amide bonds. The van der Waals surface area contributed by atoms with Crippen LogP contribution < -0.4 is 0 Å². The largest absolute Gasteiger partial charge is 0.481 e. The van der Waals surface area contributed by atoms with E-state index in [0.717, 1.165) is 25.7 Å². The van der Waals surface area contributed by atoms with Crippen LogP contribution in [0, 0.1) is 5.41 Å². The molecule has 0 saturated heterocycles. The van der Waals surface area contributed by atoms with Crippen LogP contribution in [0.25, 0.3) is 0 Å². The van der Waals surface area contributed by atoms with Gasteiger partial charge in [-0.2, -0.15) is 0 Å². The van der Waals surface area contributed by atoms with Gasteiger partial charge in [-0.3, -0.25) is 9.59 Å². The lowest BCUT2D eigenvalue weighted by Crippen LogP contribution is -2.31. The molecule has 4 heteroatoms. The van der Waals surface area contributed by atoms with Crippen molar-refractivity contribution in [3.8, 4) is 0 Å². The minimum absolute atomic E-state index is 0.0759. The van der Waals surface area contributed by atoms with Crippen LogP contribution in [0.4, 0.5) is 0 Å². The van der Waals surface area contributed by atoms with E-state index in [1.54, 1.807) is 0 Å². The van der Waals surface area contributed by atoms with Gasteiger partial charge in [0.05, 0.1) is 5.41 Å². The molecule has 0 aliphatic carbocycles. The normalized spacial score (nSPS) is 11.8. The third-order valence-electron chi connectivity index (χ3n) is 9.52. The predicted octanol–water partition coefficient (Wildman–Crippen LogP) is 13.1. The monoisotopic (exact) mass is 595 g/mol. The van der Waals surface area contributed by atoms with Crippen molar-refractivity contribution in [3.05, 3.63) is 0 Å². The second kappa shape index (κ2) is 31.4. The molecule has 0 radical (unpaired) electrons. The summed E-state index contributed by atoms with van der Waals surface area (Å²) in [6.07, 6.45) is 38.8. The molecule has 42 heavy (non-hydrogen) atoms. The predicted molar refractivity (Wildman–Crippen MR) is 181 cm³/mol. The van der Waals surface area contributed by atoms with Crippen LogP contribution >= 0.6 is 0 Å². The van der Waals surface area contributed by atoms with Crippen molar-refractivity contribution in [2.75, 3.05) is 0 Å². The molecular weight excluding hydrogens is 520 g/mol. The van der Waals surface area contributed by atoms with E-state index < -0.39 is 17.4 Å². The maximum Gasteiger partial charge on any atom is 0.309 e. The van der Waals surface area contributed by atoms with Gasteiger partial charge in [0.1, 0.15) is 0 Å². The van der Waals surface area contributed by atoms with Crippen molar-refractivity contribution in [1.82, 2.24) is 0 Å². The fraction of sp³-hybridized carbons (Fsp3) is 0.947. The van der Waals surface area contributed by atoms with Crippen LogP contribution in [0.2, 0.25) is 0 Å². The Morgan fingerprint density at radius 2 is 0.619 bits per heavy atom. The Morgan fingerprint density at radius 3 is 0.857 bits per heavy atom. The van der Waals surface area contributed by atoms with E-state index >= 15 is 0 Å². The minimum Gasteiger partial charge on any atom is -0.481 e. The molecule has 0 saturated carbocycles. The lowest BCUT2D eigenvalue weighted by molar-refractivity contribution is -0.151. The fourth-order valence-electron chi connectivity index (χ4n) is 6.59. The van der Waals surface area contributed by atoms with E-state index in [0.29, 0.717) is 25.7 Å². The lowest BCUT2D eigenvalue weighted by Gasteiger charge is -2.30. The second-order valence-corrected chi connectivity index (χ2v) is 13.5. The average molecular weight is 595 g/mol. The highest BCUT2D eigenvalue weighted by Gasteiger charge is 2.36. The van der Waals surface area contributed by atoms with Crippen molar-refractivity contribution < 1.29 is 19.8 Å². The molecule has 0 bridgehead atoms. The summed E-state index contributed by atoms with van der Waals surface area (Å²) in [7, 11) is 0. The lowest BCUT2D eigenvalue weighted by atomic mass is 9.74. The molecule has 0 heterocycles. The van der Waals surface area contributed by atoms with E-state index in [1.807, 2.05) is 0 Å². The smallest absolute Gasteiger partial charge is 0.309 e. The van der Waals surface area contributed by atoms with Gasteiger partial charge in [0, 0.05) is 6.42 Å². The molecule has 0 aromatic rings. The fourth-order valence-corrected chi connectivity index (χ4v) is 6.59. The van der Waals surface area contributed by atoms with Crippen molar-refractivity contribution in [2.24, 2.45) is 5.41 Å². The van der Waals surface area contributed by atoms with Gasteiger partial charge in [-0.1, -0.05) is 194 Å². The molecule has 0 aromatic heterocycles. The zero-order chi connectivity index (χ0) is 31.0. The van der Waals surface area contributed by atoms with Crippen LogP contribution in [-0.4, -0.2) is 22.2 Å². The summed E-state index contributed by atoms with van der Waals surface area (Å²) in [5.41, 5.74) is -0.732. The maximum atomic E-state index is 12.5. The van der Waals surface area contributed by atoms with Gasteiger partial charge in [0.15, 0.2) is 0 Å². The molecule has 2 N–H and O–H groups in total. The molecule has 0 fully saturated rings. The van der Waals surface area contributed by atoms with Crippen molar-refractivity contribution >= 4 is 11.9 Å². The van der Waals surface area contributed by atoms with Crippen LogP contribution in [0.15, 0.2) is 0 Å². The molecule has 250 valence electrons. The first-order valence-corrected chi connectivity index (χ1v) is 18.9. The Hall–Kier alpha value is -1.06. The van der Waals surface area contributed by atoms with Crippen LogP contribution in [0.1, 0.15) is 226 Å². The summed E-state index contributed by atoms with van der Waals surface area (Å²) < 4.78 is 0. The standard InChI is InChI=1S/C38H74O4/c1-3-5-7-9-11-13-15-17-19-21-23-25-27-29-33-38(37(41)42,35-31-32-36(39)40)34-30-28-26-24-22-20-18-16-14-12-10-8-6-4-2/h3-35H2,1-2H3,(H,39,40)(H,41,42). The Labute approximate surface area is 262 Å². The Kier molecular flexibility index (Phi) is 30.6. The summed E-state index contributed by atoms with van der Waals surface area (Å²) in [5, 5.41) is 19.4. The van der Waals surface area contributed by atoms with Crippen LogP contribution in [0.5, 0.6) is 0 Å². The number of rotatable bonds is 35. The van der Waals surface area contributed by atoms with Crippen LogP contribution in [0.3, 0.4) is 0 Å². The van der Waals surface area contributed by atoms with E-state index in [4.69, 9.17) is 5.11 Å². The van der Waals surface area contributed by atoms with E-state index in [-0.39, 0.29) is 6.42 Å². The molecule has 0 aliphatic rings. The number of hydrogen-bond acceptors (Lipinski definition) is 2. The van der Waals surface area contributed by atoms with Crippen molar-refractivity contribution in [2.45, 2.75) is 226 Å².